The first-order valence-corrected chi connectivity index (χ1v) is 8.98. The number of ether oxygens (including phenoxy) is 2. The second kappa shape index (κ2) is 8.35. The highest BCUT2D eigenvalue weighted by atomic mass is 16.5. The Morgan fingerprint density at radius 3 is 2.73 bits per heavy atom. The molecule has 2 aliphatic rings. The SMILES string of the molecule is COc1cccn(CC(=O)N2CCC[C@H](C(=O)N3CCOCC3)C2)c1=O. The smallest absolute Gasteiger partial charge is 0.293 e. The summed E-state index contributed by atoms with van der Waals surface area (Å²) in [5, 5.41) is 0. The highest BCUT2D eigenvalue weighted by Crippen LogP contribution is 2.20. The van der Waals surface area contributed by atoms with Crippen LogP contribution in [-0.4, -0.2) is 72.7 Å². The second-order valence-corrected chi connectivity index (χ2v) is 6.63. The first kappa shape index (κ1) is 18.4. The van der Waals surface area contributed by atoms with Crippen LogP contribution in [0.25, 0.3) is 0 Å². The van der Waals surface area contributed by atoms with E-state index in [2.05, 4.69) is 0 Å². The molecule has 3 rings (SSSR count). The molecule has 1 atom stereocenters. The average Bonchev–Trinajstić information content (AvgIpc) is 2.69. The summed E-state index contributed by atoms with van der Waals surface area (Å²) in [6.45, 7) is 3.34. The van der Waals surface area contributed by atoms with Crippen LogP contribution < -0.4 is 10.3 Å². The summed E-state index contributed by atoms with van der Waals surface area (Å²) in [4.78, 5) is 41.0. The fraction of sp³-hybridized carbons (Fsp3) is 0.611. The molecule has 2 amide bonds. The van der Waals surface area contributed by atoms with Crippen molar-refractivity contribution in [1.29, 1.82) is 0 Å². The molecule has 142 valence electrons. The van der Waals surface area contributed by atoms with Gasteiger partial charge in [-0.25, -0.2) is 0 Å². The van der Waals surface area contributed by atoms with Gasteiger partial charge >= 0.3 is 0 Å². The largest absolute Gasteiger partial charge is 0.491 e. The van der Waals surface area contributed by atoms with Crippen LogP contribution in [0.5, 0.6) is 5.75 Å². The van der Waals surface area contributed by atoms with Gasteiger partial charge in [0, 0.05) is 32.4 Å². The minimum absolute atomic E-state index is 0.0471. The number of pyridine rings is 1. The third kappa shape index (κ3) is 4.07. The quantitative estimate of drug-likeness (QED) is 0.750. The molecule has 0 aliphatic carbocycles. The lowest BCUT2D eigenvalue weighted by atomic mass is 9.96. The number of carbonyl (C=O) groups is 2. The zero-order valence-corrected chi connectivity index (χ0v) is 15.1. The molecule has 0 N–H and O–H groups in total. The summed E-state index contributed by atoms with van der Waals surface area (Å²) in [5.41, 5.74) is -0.332. The molecule has 2 saturated heterocycles. The first-order chi connectivity index (χ1) is 12.6. The number of nitrogens with zero attached hydrogens (tertiary/aromatic N) is 3. The van der Waals surface area contributed by atoms with Gasteiger partial charge in [-0.1, -0.05) is 0 Å². The summed E-state index contributed by atoms with van der Waals surface area (Å²) in [5.74, 6) is -0.0173. The van der Waals surface area contributed by atoms with Gasteiger partial charge in [0.05, 0.1) is 26.2 Å². The fourth-order valence-corrected chi connectivity index (χ4v) is 3.49. The summed E-state index contributed by atoms with van der Waals surface area (Å²) >= 11 is 0. The van der Waals surface area contributed by atoms with Crippen LogP contribution in [0.3, 0.4) is 0 Å². The van der Waals surface area contributed by atoms with Gasteiger partial charge in [-0.2, -0.15) is 0 Å². The van der Waals surface area contributed by atoms with Crippen molar-refractivity contribution in [3.05, 3.63) is 28.7 Å². The molecule has 0 unspecified atom stereocenters. The van der Waals surface area contributed by atoms with Crippen molar-refractivity contribution >= 4 is 11.8 Å². The van der Waals surface area contributed by atoms with E-state index in [0.717, 1.165) is 12.8 Å². The van der Waals surface area contributed by atoms with Crippen molar-refractivity contribution in [2.24, 2.45) is 5.92 Å². The first-order valence-electron chi connectivity index (χ1n) is 8.98. The molecule has 26 heavy (non-hydrogen) atoms. The van der Waals surface area contributed by atoms with E-state index < -0.39 is 0 Å². The van der Waals surface area contributed by atoms with Gasteiger partial charge < -0.3 is 23.8 Å². The molecule has 0 bridgehead atoms. The average molecular weight is 363 g/mol. The summed E-state index contributed by atoms with van der Waals surface area (Å²) in [6.07, 6.45) is 3.15. The summed E-state index contributed by atoms with van der Waals surface area (Å²) in [7, 11) is 1.43. The normalized spacial score (nSPS) is 20.7. The van der Waals surface area contributed by atoms with Crippen molar-refractivity contribution in [1.82, 2.24) is 14.4 Å². The van der Waals surface area contributed by atoms with E-state index in [4.69, 9.17) is 9.47 Å². The molecule has 3 heterocycles. The number of amides is 2. The predicted molar refractivity (Wildman–Crippen MR) is 94.0 cm³/mol. The van der Waals surface area contributed by atoms with E-state index in [1.54, 1.807) is 23.2 Å². The number of methoxy groups -OCH3 is 1. The Balaban J connectivity index is 1.63. The molecule has 0 spiro atoms. The third-order valence-electron chi connectivity index (χ3n) is 4.96. The van der Waals surface area contributed by atoms with Crippen LogP contribution in [0.4, 0.5) is 0 Å². The molecule has 2 fully saturated rings. The van der Waals surface area contributed by atoms with E-state index in [-0.39, 0.29) is 35.6 Å². The number of piperidine rings is 1. The fourth-order valence-electron chi connectivity index (χ4n) is 3.49. The minimum Gasteiger partial charge on any atom is -0.491 e. The Kier molecular flexibility index (Phi) is 5.92. The van der Waals surface area contributed by atoms with E-state index in [9.17, 15) is 14.4 Å². The van der Waals surface area contributed by atoms with Crippen LogP contribution in [0.1, 0.15) is 12.8 Å². The van der Waals surface area contributed by atoms with Gasteiger partial charge in [0.2, 0.25) is 11.8 Å². The van der Waals surface area contributed by atoms with E-state index in [1.807, 2.05) is 4.90 Å². The second-order valence-electron chi connectivity index (χ2n) is 6.63. The molecule has 0 radical (unpaired) electrons. The highest BCUT2D eigenvalue weighted by molar-refractivity contribution is 5.81. The van der Waals surface area contributed by atoms with Gasteiger partial charge in [-0.3, -0.25) is 14.4 Å². The van der Waals surface area contributed by atoms with Crippen molar-refractivity contribution in [2.45, 2.75) is 19.4 Å². The highest BCUT2D eigenvalue weighted by Gasteiger charge is 2.31. The number of hydrogen-bond donors (Lipinski definition) is 0. The Morgan fingerprint density at radius 1 is 1.23 bits per heavy atom. The molecule has 8 nitrogen and oxygen atoms in total. The number of aromatic nitrogens is 1. The van der Waals surface area contributed by atoms with Gasteiger partial charge in [-0.15, -0.1) is 0 Å². The van der Waals surface area contributed by atoms with Crippen molar-refractivity contribution in [3.8, 4) is 5.75 Å². The Bertz CT molecular complexity index is 711. The van der Waals surface area contributed by atoms with Gasteiger partial charge in [-0.05, 0) is 25.0 Å². The van der Waals surface area contributed by atoms with Crippen LogP contribution in [0.15, 0.2) is 23.1 Å². The summed E-state index contributed by atoms with van der Waals surface area (Å²) in [6, 6.07) is 3.25. The zero-order valence-electron chi connectivity index (χ0n) is 15.1. The van der Waals surface area contributed by atoms with Crippen LogP contribution in [0, 0.1) is 5.92 Å². The lowest BCUT2D eigenvalue weighted by Crippen LogP contribution is -2.50. The van der Waals surface area contributed by atoms with Crippen molar-refractivity contribution in [3.63, 3.8) is 0 Å². The monoisotopic (exact) mass is 363 g/mol. The zero-order chi connectivity index (χ0) is 18.5. The van der Waals surface area contributed by atoms with Crippen molar-refractivity contribution < 1.29 is 19.1 Å². The predicted octanol–water partition coefficient (Wildman–Crippen LogP) is -0.0457. The van der Waals surface area contributed by atoms with Crippen LogP contribution >= 0.6 is 0 Å². The van der Waals surface area contributed by atoms with Gasteiger partial charge in [0.1, 0.15) is 6.54 Å². The number of morpholine rings is 1. The minimum atomic E-state index is -0.332. The maximum absolute atomic E-state index is 12.7. The Morgan fingerprint density at radius 2 is 2.00 bits per heavy atom. The lowest BCUT2D eigenvalue weighted by Gasteiger charge is -2.36. The Hall–Kier alpha value is -2.35. The van der Waals surface area contributed by atoms with Crippen LogP contribution in [-0.2, 0) is 20.9 Å². The topological polar surface area (TPSA) is 81.1 Å². The molecular weight excluding hydrogens is 338 g/mol. The molecule has 8 heteroatoms. The van der Waals surface area contributed by atoms with Gasteiger partial charge in [0.25, 0.3) is 5.56 Å². The molecule has 0 aromatic carbocycles. The van der Waals surface area contributed by atoms with Gasteiger partial charge in [0.15, 0.2) is 5.75 Å². The van der Waals surface area contributed by atoms with Crippen LogP contribution in [0.2, 0.25) is 0 Å². The standard InChI is InChI=1S/C18H25N3O5/c1-25-15-5-3-7-21(18(15)24)13-16(22)20-6-2-4-14(12-20)17(23)19-8-10-26-11-9-19/h3,5,7,14H,2,4,6,8-13H2,1H3/t14-/m0/s1. The molecule has 2 aliphatic heterocycles. The van der Waals surface area contributed by atoms with E-state index in [0.29, 0.717) is 39.4 Å². The molecule has 0 saturated carbocycles. The Labute approximate surface area is 152 Å². The number of carbonyl (C=O) groups excluding carboxylic acids is 2. The number of rotatable bonds is 4. The lowest BCUT2D eigenvalue weighted by molar-refractivity contribution is -0.144. The maximum atomic E-state index is 12.7. The number of likely N-dealkylation sites (tertiary alicyclic amines) is 1. The van der Waals surface area contributed by atoms with E-state index in [1.165, 1.54) is 11.7 Å². The van der Waals surface area contributed by atoms with E-state index >= 15 is 0 Å². The summed E-state index contributed by atoms with van der Waals surface area (Å²) < 4.78 is 11.6. The third-order valence-corrected chi connectivity index (χ3v) is 4.96. The molecule has 1 aromatic rings. The molecular formula is C18H25N3O5. The number of hydrogen-bond acceptors (Lipinski definition) is 5. The molecule has 1 aromatic heterocycles. The maximum Gasteiger partial charge on any atom is 0.293 e. The van der Waals surface area contributed by atoms with Crippen molar-refractivity contribution in [2.75, 3.05) is 46.5 Å².